The van der Waals surface area contributed by atoms with Crippen LogP contribution < -0.4 is 5.32 Å². The van der Waals surface area contributed by atoms with Crippen LogP contribution in [0.5, 0.6) is 0 Å². The summed E-state index contributed by atoms with van der Waals surface area (Å²) in [5.41, 5.74) is 3.61. The van der Waals surface area contributed by atoms with Gasteiger partial charge in [0.25, 0.3) is 0 Å². The number of carbonyl (C=O) groups excluding carboxylic acids is 1. The first-order valence-corrected chi connectivity index (χ1v) is 8.12. The molecule has 1 aromatic rings. The number of nitrogens with zero attached hydrogens (tertiary/aromatic N) is 2. The molecule has 120 valence electrons. The fraction of sp³-hybridized carbons (Fsp3) is 0.529. The lowest BCUT2D eigenvalue weighted by Crippen LogP contribution is -2.48. The van der Waals surface area contributed by atoms with Gasteiger partial charge in [-0.05, 0) is 37.8 Å². The minimum atomic E-state index is -0.0216. The van der Waals surface area contributed by atoms with E-state index in [-0.39, 0.29) is 12.1 Å². The Morgan fingerprint density at radius 3 is 2.77 bits per heavy atom. The lowest BCUT2D eigenvalue weighted by Gasteiger charge is -2.28. The number of aryl methyl sites for hydroxylation is 2. The molecule has 1 aliphatic rings. The zero-order chi connectivity index (χ0) is 16.3. The molecule has 0 bridgehead atoms. The summed E-state index contributed by atoms with van der Waals surface area (Å²) in [4.78, 5) is 17.1. The second kappa shape index (κ2) is 7.09. The van der Waals surface area contributed by atoms with E-state index in [9.17, 15) is 4.79 Å². The fourth-order valence-electron chi connectivity index (χ4n) is 2.88. The van der Waals surface area contributed by atoms with Crippen LogP contribution in [0.3, 0.4) is 0 Å². The van der Waals surface area contributed by atoms with Crippen LogP contribution in [0, 0.1) is 13.8 Å². The summed E-state index contributed by atoms with van der Waals surface area (Å²) in [5, 5.41) is 3.03. The van der Waals surface area contributed by atoms with Gasteiger partial charge < -0.3 is 15.1 Å². The molecule has 22 heavy (non-hydrogen) atoms. The topological polar surface area (TPSA) is 35.6 Å². The lowest BCUT2D eigenvalue weighted by molar-refractivity contribution is 0.201. The van der Waals surface area contributed by atoms with Crippen molar-refractivity contribution < 1.29 is 4.79 Å². The smallest absolute Gasteiger partial charge is 0.318 e. The first kappa shape index (κ1) is 16.7. The molecular weight excluding hydrogens is 294 g/mol. The maximum absolute atomic E-state index is 12.5. The van der Waals surface area contributed by atoms with Gasteiger partial charge in [-0.15, -0.1) is 0 Å². The number of rotatable bonds is 3. The Morgan fingerprint density at radius 2 is 2.14 bits per heavy atom. The van der Waals surface area contributed by atoms with Crippen LogP contribution in [0.1, 0.15) is 29.5 Å². The number of likely N-dealkylation sites (tertiary alicyclic amines) is 1. The Labute approximate surface area is 138 Å². The highest BCUT2D eigenvalue weighted by Gasteiger charge is 2.32. The molecule has 0 aromatic heterocycles. The molecule has 1 fully saturated rings. The van der Waals surface area contributed by atoms with Gasteiger partial charge in [0.2, 0.25) is 0 Å². The van der Waals surface area contributed by atoms with E-state index in [0.717, 1.165) is 29.9 Å². The number of thiocarbonyl (C=S) groups is 1. The van der Waals surface area contributed by atoms with E-state index in [0.29, 0.717) is 6.54 Å². The predicted octanol–water partition coefficient (Wildman–Crippen LogP) is 2.87. The normalized spacial score (nSPS) is 17.5. The number of likely N-dealkylation sites (N-methyl/N-ethyl adjacent to an activating group) is 1. The summed E-state index contributed by atoms with van der Waals surface area (Å²) >= 11 is 5.45. The molecule has 0 aliphatic carbocycles. The standard InChI is InChI=1S/C17H25N3OS/c1-12-7-8-14(13(2)10-12)11-18-17(21)20-9-5-6-15(20)16(22)19(3)4/h7-8,10,15H,5-6,9,11H2,1-4H3,(H,18,21). The van der Waals surface area contributed by atoms with E-state index in [1.54, 1.807) is 0 Å². The molecule has 4 nitrogen and oxygen atoms in total. The fourth-order valence-corrected chi connectivity index (χ4v) is 3.13. The van der Waals surface area contributed by atoms with E-state index in [1.165, 1.54) is 11.1 Å². The van der Waals surface area contributed by atoms with Gasteiger partial charge in [0.15, 0.2) is 0 Å². The maximum Gasteiger partial charge on any atom is 0.318 e. The molecule has 1 aromatic carbocycles. The molecule has 1 N–H and O–H groups in total. The summed E-state index contributed by atoms with van der Waals surface area (Å²) in [6.07, 6.45) is 1.96. The Morgan fingerprint density at radius 1 is 1.41 bits per heavy atom. The first-order chi connectivity index (χ1) is 10.4. The number of hydrogen-bond acceptors (Lipinski definition) is 2. The van der Waals surface area contributed by atoms with E-state index in [2.05, 4.69) is 37.4 Å². The van der Waals surface area contributed by atoms with Gasteiger partial charge in [0.1, 0.15) is 4.99 Å². The Kier molecular flexibility index (Phi) is 5.40. The summed E-state index contributed by atoms with van der Waals surface area (Å²) in [7, 11) is 3.87. The van der Waals surface area contributed by atoms with Gasteiger partial charge in [-0.25, -0.2) is 4.79 Å². The van der Waals surface area contributed by atoms with E-state index in [1.807, 2.05) is 23.9 Å². The summed E-state index contributed by atoms with van der Waals surface area (Å²) in [6.45, 7) is 5.49. The van der Waals surface area contributed by atoms with Gasteiger partial charge >= 0.3 is 6.03 Å². The lowest BCUT2D eigenvalue weighted by atomic mass is 10.1. The molecule has 1 saturated heterocycles. The number of benzene rings is 1. The highest BCUT2D eigenvalue weighted by Crippen LogP contribution is 2.20. The molecule has 5 heteroatoms. The second-order valence-electron chi connectivity index (χ2n) is 6.17. The Hall–Kier alpha value is -1.62. The van der Waals surface area contributed by atoms with Crippen molar-refractivity contribution in [2.24, 2.45) is 0 Å². The van der Waals surface area contributed by atoms with Crippen molar-refractivity contribution >= 4 is 23.2 Å². The van der Waals surface area contributed by atoms with E-state index < -0.39 is 0 Å². The second-order valence-corrected chi connectivity index (χ2v) is 6.59. The molecule has 0 radical (unpaired) electrons. The van der Waals surface area contributed by atoms with Gasteiger partial charge in [0, 0.05) is 27.2 Å². The maximum atomic E-state index is 12.5. The highest BCUT2D eigenvalue weighted by molar-refractivity contribution is 7.80. The van der Waals surface area contributed by atoms with Crippen LogP contribution in [-0.2, 0) is 6.54 Å². The van der Waals surface area contributed by atoms with Crippen LogP contribution in [-0.4, -0.2) is 47.5 Å². The summed E-state index contributed by atoms with van der Waals surface area (Å²) < 4.78 is 0. The molecule has 2 amide bonds. The Balaban J connectivity index is 1.98. The average molecular weight is 319 g/mol. The number of hydrogen-bond donors (Lipinski definition) is 1. The van der Waals surface area contributed by atoms with Crippen LogP contribution in [0.15, 0.2) is 18.2 Å². The average Bonchev–Trinajstić information content (AvgIpc) is 2.94. The van der Waals surface area contributed by atoms with Crippen LogP contribution in [0.25, 0.3) is 0 Å². The van der Waals surface area contributed by atoms with Gasteiger partial charge in [0.05, 0.1) is 6.04 Å². The summed E-state index contributed by atoms with van der Waals surface area (Å²) in [5.74, 6) is 0. The van der Waals surface area contributed by atoms with Gasteiger partial charge in [-0.2, -0.15) is 0 Å². The van der Waals surface area contributed by atoms with Crippen molar-refractivity contribution in [3.63, 3.8) is 0 Å². The first-order valence-electron chi connectivity index (χ1n) is 7.72. The molecule has 0 spiro atoms. The van der Waals surface area contributed by atoms with Gasteiger partial charge in [-0.3, -0.25) is 0 Å². The highest BCUT2D eigenvalue weighted by atomic mass is 32.1. The zero-order valence-electron chi connectivity index (χ0n) is 13.8. The van der Waals surface area contributed by atoms with E-state index >= 15 is 0 Å². The predicted molar refractivity (Wildman–Crippen MR) is 94.2 cm³/mol. The Bertz CT molecular complexity index is 571. The minimum absolute atomic E-state index is 0.0216. The van der Waals surface area contributed by atoms with Crippen molar-refractivity contribution in [3.05, 3.63) is 34.9 Å². The number of amides is 2. The third-order valence-electron chi connectivity index (χ3n) is 4.17. The quantitative estimate of drug-likeness (QED) is 0.870. The van der Waals surface area contributed by atoms with Crippen molar-refractivity contribution in [1.29, 1.82) is 0 Å². The number of nitrogens with one attached hydrogen (secondary N) is 1. The van der Waals surface area contributed by atoms with Crippen molar-refractivity contribution in [3.8, 4) is 0 Å². The van der Waals surface area contributed by atoms with Crippen molar-refractivity contribution in [2.45, 2.75) is 39.3 Å². The van der Waals surface area contributed by atoms with Gasteiger partial charge in [-0.1, -0.05) is 36.0 Å². The van der Waals surface area contributed by atoms with Crippen LogP contribution >= 0.6 is 12.2 Å². The SMILES string of the molecule is Cc1ccc(CNC(=O)N2CCCC2C(=S)N(C)C)c(C)c1. The van der Waals surface area contributed by atoms with Crippen LogP contribution in [0.2, 0.25) is 0 Å². The zero-order valence-corrected chi connectivity index (χ0v) is 14.7. The monoisotopic (exact) mass is 319 g/mol. The van der Waals surface area contributed by atoms with Crippen molar-refractivity contribution in [1.82, 2.24) is 15.1 Å². The number of carbonyl (C=O) groups is 1. The third-order valence-corrected chi connectivity index (χ3v) is 4.80. The molecule has 1 aliphatic heterocycles. The molecule has 1 heterocycles. The largest absolute Gasteiger partial charge is 0.371 e. The van der Waals surface area contributed by atoms with Crippen LogP contribution in [0.4, 0.5) is 4.79 Å². The molecule has 2 rings (SSSR count). The van der Waals surface area contributed by atoms with Crippen molar-refractivity contribution in [2.75, 3.05) is 20.6 Å². The molecular formula is C17H25N3OS. The van der Waals surface area contributed by atoms with E-state index in [4.69, 9.17) is 12.2 Å². The molecule has 0 saturated carbocycles. The minimum Gasteiger partial charge on any atom is -0.371 e. The molecule has 1 atom stereocenters. The molecule has 1 unspecified atom stereocenters. The summed E-state index contributed by atoms with van der Waals surface area (Å²) in [6, 6.07) is 6.32. The number of urea groups is 1. The third kappa shape index (κ3) is 3.77.